The van der Waals surface area contributed by atoms with E-state index in [9.17, 15) is 14.3 Å². The average Bonchev–Trinajstić information content (AvgIpc) is 3.63. The molecule has 1 aliphatic carbocycles. The van der Waals surface area contributed by atoms with Crippen LogP contribution in [0.3, 0.4) is 0 Å². The second-order valence-electron chi connectivity index (χ2n) is 8.45. The number of pyridine rings is 1. The van der Waals surface area contributed by atoms with Crippen LogP contribution in [-0.2, 0) is 0 Å². The summed E-state index contributed by atoms with van der Waals surface area (Å²) < 4.78 is 14.1. The highest BCUT2D eigenvalue weighted by atomic mass is 35.5. The summed E-state index contributed by atoms with van der Waals surface area (Å²) in [6.07, 6.45) is 6.85. The highest BCUT2D eigenvalue weighted by Crippen LogP contribution is 2.40. The molecule has 1 aromatic heterocycles. The van der Waals surface area contributed by atoms with Crippen LogP contribution in [-0.4, -0.2) is 33.8 Å². The van der Waals surface area contributed by atoms with E-state index < -0.39 is 11.6 Å². The molecule has 0 amide bonds. The summed E-state index contributed by atoms with van der Waals surface area (Å²) >= 11 is 5.98. The van der Waals surface area contributed by atoms with Gasteiger partial charge >= 0.3 is 0 Å². The monoisotopic (exact) mass is 449 g/mol. The first-order valence-corrected chi connectivity index (χ1v) is 11.0. The van der Waals surface area contributed by atoms with Crippen LogP contribution >= 0.6 is 11.6 Å². The Morgan fingerprint density at radius 2 is 2.00 bits per heavy atom. The Bertz CT molecular complexity index is 1290. The van der Waals surface area contributed by atoms with Gasteiger partial charge in [-0.15, -0.1) is 0 Å². The summed E-state index contributed by atoms with van der Waals surface area (Å²) in [5.74, 6) is -1.28. The van der Waals surface area contributed by atoms with Crippen molar-refractivity contribution in [3.05, 3.63) is 52.9 Å². The fraction of sp³-hybridized carbons (Fsp3) is 0.280. The molecule has 7 heteroatoms. The van der Waals surface area contributed by atoms with Gasteiger partial charge in [0.25, 0.3) is 0 Å². The number of phenols is 1. The standard InChI is InChI=1S/C25H21ClFN3O2/c1-13-2-6-17(11-28-13)30-23-18-8-15(16-9-20(26)25(32)21(27)10-16)5-7-22(18)29-12-19(23)24(31)14-3-4-14/h5,7-14,32H,2-4,6H2,1H3. The lowest BCUT2D eigenvalue weighted by atomic mass is 9.98. The Morgan fingerprint density at radius 1 is 1.19 bits per heavy atom. The van der Waals surface area contributed by atoms with E-state index in [1.807, 2.05) is 12.1 Å². The third kappa shape index (κ3) is 3.91. The van der Waals surface area contributed by atoms with Crippen molar-refractivity contribution in [1.82, 2.24) is 4.98 Å². The molecule has 1 unspecified atom stereocenters. The minimum Gasteiger partial charge on any atom is -0.504 e. The van der Waals surface area contributed by atoms with E-state index >= 15 is 0 Å². The largest absolute Gasteiger partial charge is 0.504 e. The molecular formula is C25H21ClFN3O2. The molecule has 0 radical (unpaired) electrons. The Kier molecular flexibility index (Phi) is 5.25. The van der Waals surface area contributed by atoms with Gasteiger partial charge in [-0.05, 0) is 68.0 Å². The summed E-state index contributed by atoms with van der Waals surface area (Å²) in [4.78, 5) is 26.8. The van der Waals surface area contributed by atoms with Crippen molar-refractivity contribution in [2.45, 2.75) is 38.6 Å². The number of carbonyl (C=O) groups excluding carboxylic acids is 1. The highest BCUT2D eigenvalue weighted by molar-refractivity contribution is 6.33. The number of aromatic hydroxyl groups is 1. The highest BCUT2D eigenvalue weighted by Gasteiger charge is 2.32. The molecular weight excluding hydrogens is 429 g/mol. The van der Waals surface area contributed by atoms with Crippen LogP contribution in [0.4, 0.5) is 10.1 Å². The van der Waals surface area contributed by atoms with Gasteiger partial charge in [-0.1, -0.05) is 17.7 Å². The third-order valence-electron chi connectivity index (χ3n) is 5.96. The predicted molar refractivity (Wildman–Crippen MR) is 125 cm³/mol. The number of benzene rings is 2. The summed E-state index contributed by atoms with van der Waals surface area (Å²) in [6, 6.07) is 8.47. The average molecular weight is 450 g/mol. The van der Waals surface area contributed by atoms with E-state index in [2.05, 4.69) is 16.9 Å². The van der Waals surface area contributed by atoms with Gasteiger partial charge in [-0.2, -0.15) is 0 Å². The number of ketones is 1. The van der Waals surface area contributed by atoms with Crippen LogP contribution in [0.25, 0.3) is 22.0 Å². The second-order valence-corrected chi connectivity index (χ2v) is 8.86. The fourth-order valence-corrected chi connectivity index (χ4v) is 4.10. The van der Waals surface area contributed by atoms with Crippen LogP contribution in [0.15, 0.2) is 46.5 Å². The number of phenolic OH excluding ortho intramolecular Hbond substituents is 1. The van der Waals surface area contributed by atoms with Crippen molar-refractivity contribution in [2.24, 2.45) is 15.9 Å². The maximum atomic E-state index is 14.1. The fourth-order valence-electron chi connectivity index (χ4n) is 3.89. The maximum absolute atomic E-state index is 14.1. The van der Waals surface area contributed by atoms with Crippen molar-refractivity contribution >= 4 is 45.9 Å². The number of aromatic nitrogens is 1. The molecule has 5 nitrogen and oxygen atoms in total. The number of fused-ring (bicyclic) bond motifs is 1. The molecule has 2 aliphatic rings. The Balaban J connectivity index is 1.71. The normalized spacial score (nSPS) is 19.6. The molecule has 1 N–H and O–H groups in total. The lowest BCUT2D eigenvalue weighted by molar-refractivity contribution is 0.0968. The first kappa shape index (κ1) is 20.8. The van der Waals surface area contributed by atoms with Crippen LogP contribution in [0.2, 0.25) is 5.02 Å². The van der Waals surface area contributed by atoms with Crippen LogP contribution < -0.4 is 0 Å². The Labute approximate surface area is 189 Å². The first-order chi connectivity index (χ1) is 15.4. The third-order valence-corrected chi connectivity index (χ3v) is 6.24. The van der Waals surface area contributed by atoms with E-state index in [0.29, 0.717) is 33.3 Å². The number of hydrogen-bond acceptors (Lipinski definition) is 5. The van der Waals surface area contributed by atoms with E-state index in [0.717, 1.165) is 31.4 Å². The van der Waals surface area contributed by atoms with Crippen molar-refractivity contribution in [2.75, 3.05) is 0 Å². The van der Waals surface area contributed by atoms with Crippen LogP contribution in [0, 0.1) is 11.7 Å². The minimum absolute atomic E-state index is 0.0291. The summed E-state index contributed by atoms with van der Waals surface area (Å²) in [5.41, 5.74) is 3.79. The van der Waals surface area contributed by atoms with Gasteiger partial charge in [0, 0.05) is 29.8 Å². The summed E-state index contributed by atoms with van der Waals surface area (Å²) in [7, 11) is 0. The Hall–Kier alpha value is -3.12. The molecule has 2 aromatic carbocycles. The number of nitrogens with zero attached hydrogens (tertiary/aromatic N) is 3. The van der Waals surface area contributed by atoms with Crippen LogP contribution in [0.5, 0.6) is 5.75 Å². The van der Waals surface area contributed by atoms with Crippen molar-refractivity contribution in [3.8, 4) is 16.9 Å². The molecule has 1 atom stereocenters. The van der Waals surface area contributed by atoms with Crippen molar-refractivity contribution < 1.29 is 14.3 Å². The molecule has 1 fully saturated rings. The SMILES string of the molecule is CC1CCC(=Nc2c(C(=O)C3CC3)cnc3ccc(-c4cc(F)c(O)c(Cl)c4)cc23)C=N1. The molecule has 3 aromatic rings. The molecule has 0 spiro atoms. The van der Waals surface area contributed by atoms with E-state index in [1.165, 1.54) is 12.1 Å². The van der Waals surface area contributed by atoms with Crippen LogP contribution in [0.1, 0.15) is 43.0 Å². The lowest BCUT2D eigenvalue weighted by Gasteiger charge is -2.14. The predicted octanol–water partition coefficient (Wildman–Crippen LogP) is 6.32. The van der Waals surface area contributed by atoms with Gasteiger partial charge in [0.15, 0.2) is 17.3 Å². The smallest absolute Gasteiger partial charge is 0.170 e. The maximum Gasteiger partial charge on any atom is 0.170 e. The van der Waals surface area contributed by atoms with Crippen molar-refractivity contribution in [1.29, 1.82) is 0 Å². The van der Waals surface area contributed by atoms with E-state index in [-0.39, 0.29) is 22.8 Å². The molecule has 32 heavy (non-hydrogen) atoms. The second kappa shape index (κ2) is 8.10. The van der Waals surface area contributed by atoms with Gasteiger partial charge in [0.2, 0.25) is 0 Å². The number of aliphatic imine (C=N–C) groups is 2. The van der Waals surface area contributed by atoms with Gasteiger partial charge in [0.05, 0.1) is 27.5 Å². The van der Waals surface area contributed by atoms with E-state index in [4.69, 9.17) is 16.6 Å². The first-order valence-electron chi connectivity index (χ1n) is 10.7. The van der Waals surface area contributed by atoms with Gasteiger partial charge < -0.3 is 5.11 Å². The molecule has 1 aliphatic heterocycles. The number of hydrogen-bond donors (Lipinski definition) is 1. The molecule has 5 rings (SSSR count). The quantitative estimate of drug-likeness (QED) is 0.473. The number of halogens is 2. The molecule has 1 saturated carbocycles. The molecule has 0 saturated heterocycles. The number of Topliss-reactive ketones (excluding diaryl/α,β-unsaturated/α-hetero) is 1. The topological polar surface area (TPSA) is 74.9 Å². The Morgan fingerprint density at radius 3 is 2.69 bits per heavy atom. The zero-order chi connectivity index (χ0) is 22.4. The zero-order valence-electron chi connectivity index (χ0n) is 17.5. The molecule has 0 bridgehead atoms. The number of rotatable bonds is 4. The van der Waals surface area contributed by atoms with Gasteiger partial charge in [-0.3, -0.25) is 19.8 Å². The van der Waals surface area contributed by atoms with E-state index in [1.54, 1.807) is 18.5 Å². The minimum atomic E-state index is -0.795. The lowest BCUT2D eigenvalue weighted by Crippen LogP contribution is -2.13. The summed E-state index contributed by atoms with van der Waals surface area (Å²) in [6.45, 7) is 2.06. The number of carbonyl (C=O) groups is 1. The summed E-state index contributed by atoms with van der Waals surface area (Å²) in [5, 5.41) is 10.3. The van der Waals surface area contributed by atoms with Gasteiger partial charge in [-0.25, -0.2) is 4.39 Å². The van der Waals surface area contributed by atoms with Crippen molar-refractivity contribution in [3.63, 3.8) is 0 Å². The van der Waals surface area contributed by atoms with Gasteiger partial charge in [0.1, 0.15) is 0 Å². The zero-order valence-corrected chi connectivity index (χ0v) is 18.2. The molecule has 162 valence electrons. The molecule has 2 heterocycles.